The largest absolute Gasteiger partial charge is 0.452 e. The second-order valence-corrected chi connectivity index (χ2v) is 7.64. The lowest BCUT2D eigenvalue weighted by Gasteiger charge is -2.11. The highest BCUT2D eigenvalue weighted by Gasteiger charge is 2.16. The summed E-state index contributed by atoms with van der Waals surface area (Å²) in [5.41, 5.74) is 3.38. The minimum atomic E-state index is -0.611. The highest BCUT2D eigenvalue weighted by atomic mass is 16.5. The van der Waals surface area contributed by atoms with Crippen molar-refractivity contribution in [3.63, 3.8) is 0 Å². The summed E-state index contributed by atoms with van der Waals surface area (Å²) in [6.07, 6.45) is 0.241. The van der Waals surface area contributed by atoms with E-state index in [0.717, 1.165) is 11.1 Å². The van der Waals surface area contributed by atoms with E-state index in [1.165, 1.54) is 0 Å². The lowest BCUT2D eigenvalue weighted by Crippen LogP contribution is -2.28. The third-order valence-electron chi connectivity index (χ3n) is 5.33. The maximum absolute atomic E-state index is 12.7. The third kappa shape index (κ3) is 5.33. The molecule has 0 aliphatic heterocycles. The molecule has 166 valence electrons. The molecule has 0 saturated carbocycles. The highest BCUT2D eigenvalue weighted by molar-refractivity contribution is 5.92. The Balaban J connectivity index is 1.42. The molecule has 3 aromatic carbocycles. The van der Waals surface area contributed by atoms with Crippen molar-refractivity contribution in [1.29, 1.82) is 0 Å². The summed E-state index contributed by atoms with van der Waals surface area (Å²) in [7, 11) is 0. The van der Waals surface area contributed by atoms with Crippen LogP contribution in [0.15, 0.2) is 77.6 Å². The number of carbonyl (C=O) groups is 2. The Morgan fingerprint density at radius 1 is 0.939 bits per heavy atom. The van der Waals surface area contributed by atoms with Gasteiger partial charge >= 0.3 is 5.97 Å². The van der Waals surface area contributed by atoms with Gasteiger partial charge in [-0.1, -0.05) is 54.6 Å². The number of ether oxygens (including phenoxy) is 1. The summed E-state index contributed by atoms with van der Waals surface area (Å²) < 4.78 is 5.24. The first-order valence-electron chi connectivity index (χ1n) is 10.6. The van der Waals surface area contributed by atoms with Crippen molar-refractivity contribution in [2.45, 2.75) is 19.9 Å². The first-order valence-corrected chi connectivity index (χ1v) is 10.6. The van der Waals surface area contributed by atoms with Gasteiger partial charge in [0, 0.05) is 13.0 Å². The zero-order valence-corrected chi connectivity index (χ0v) is 18.1. The molecule has 7 nitrogen and oxygen atoms in total. The van der Waals surface area contributed by atoms with Crippen molar-refractivity contribution >= 4 is 22.8 Å². The number of rotatable bonds is 7. The smallest absolute Gasteiger partial charge is 0.338 e. The van der Waals surface area contributed by atoms with Crippen LogP contribution in [0.5, 0.6) is 0 Å². The van der Waals surface area contributed by atoms with Crippen LogP contribution >= 0.6 is 0 Å². The number of nitrogens with one attached hydrogen (secondary N) is 2. The predicted octanol–water partition coefficient (Wildman–Crippen LogP) is 3.30. The molecule has 0 spiro atoms. The van der Waals surface area contributed by atoms with E-state index in [0.29, 0.717) is 34.4 Å². The number of carbonyl (C=O) groups excluding carboxylic acids is 2. The summed E-state index contributed by atoms with van der Waals surface area (Å²) in [5.74, 6) is -0.556. The molecule has 0 unspecified atom stereocenters. The first kappa shape index (κ1) is 22.0. The fourth-order valence-corrected chi connectivity index (χ4v) is 3.53. The van der Waals surface area contributed by atoms with Gasteiger partial charge in [-0.2, -0.15) is 0 Å². The Morgan fingerprint density at radius 2 is 1.64 bits per heavy atom. The Hall–Kier alpha value is -4.26. The molecular weight excluding hydrogens is 418 g/mol. The lowest BCUT2D eigenvalue weighted by atomic mass is 10.0. The summed E-state index contributed by atoms with van der Waals surface area (Å²) in [5, 5.41) is 3.26. The standard InChI is InChI=1S/C26H23N3O4/c1-17-8-2-3-10-19(17)15-27-24(30)16-33-26(32)20-11-5-4-9-18(20)14-23-28-22-13-7-6-12-21(22)25(31)29-23/h2-13H,14-16H2,1H3,(H,27,30)(H,28,29,31). The minimum Gasteiger partial charge on any atom is -0.452 e. The number of benzene rings is 3. The van der Waals surface area contributed by atoms with Gasteiger partial charge in [-0.25, -0.2) is 9.78 Å². The molecule has 2 N–H and O–H groups in total. The Kier molecular flexibility index (Phi) is 6.59. The molecule has 0 fully saturated rings. The number of fused-ring (bicyclic) bond motifs is 1. The van der Waals surface area contributed by atoms with Gasteiger partial charge in [-0.05, 0) is 41.8 Å². The summed E-state index contributed by atoms with van der Waals surface area (Å²) in [6, 6.07) is 21.7. The van der Waals surface area contributed by atoms with Gasteiger partial charge < -0.3 is 15.0 Å². The quantitative estimate of drug-likeness (QED) is 0.429. The second-order valence-electron chi connectivity index (χ2n) is 7.64. The number of para-hydroxylation sites is 1. The van der Waals surface area contributed by atoms with Gasteiger partial charge in [0.25, 0.3) is 11.5 Å². The van der Waals surface area contributed by atoms with Crippen LogP contribution in [-0.2, 0) is 22.5 Å². The third-order valence-corrected chi connectivity index (χ3v) is 5.33. The molecule has 0 saturated heterocycles. The molecule has 4 rings (SSSR count). The van der Waals surface area contributed by atoms with Gasteiger partial charge in [-0.15, -0.1) is 0 Å². The van der Waals surface area contributed by atoms with Crippen molar-refractivity contribution in [3.05, 3.63) is 111 Å². The van der Waals surface area contributed by atoms with E-state index in [-0.39, 0.29) is 24.5 Å². The average molecular weight is 441 g/mol. The van der Waals surface area contributed by atoms with Crippen molar-refractivity contribution in [3.8, 4) is 0 Å². The number of H-pyrrole nitrogens is 1. The van der Waals surface area contributed by atoms with E-state index in [1.54, 1.807) is 42.5 Å². The summed E-state index contributed by atoms with van der Waals surface area (Å²) in [4.78, 5) is 44.4. The number of aromatic amines is 1. The molecule has 0 aliphatic rings. The topological polar surface area (TPSA) is 101 Å². The molecule has 0 radical (unpaired) electrons. The van der Waals surface area contributed by atoms with Gasteiger partial charge in [-0.3, -0.25) is 9.59 Å². The van der Waals surface area contributed by atoms with E-state index in [2.05, 4.69) is 15.3 Å². The Labute approximate surface area is 190 Å². The minimum absolute atomic E-state index is 0.235. The zero-order chi connectivity index (χ0) is 23.2. The second kappa shape index (κ2) is 9.91. The van der Waals surface area contributed by atoms with Gasteiger partial charge in [0.15, 0.2) is 6.61 Å². The molecule has 4 aromatic rings. The predicted molar refractivity (Wildman–Crippen MR) is 125 cm³/mol. The van der Waals surface area contributed by atoms with Crippen LogP contribution in [0.2, 0.25) is 0 Å². The van der Waals surface area contributed by atoms with Gasteiger partial charge in [0.1, 0.15) is 5.82 Å². The van der Waals surface area contributed by atoms with Crippen molar-refractivity contribution in [1.82, 2.24) is 15.3 Å². The Bertz CT molecular complexity index is 1380. The molecule has 1 amide bonds. The van der Waals surface area contributed by atoms with Crippen LogP contribution in [0.3, 0.4) is 0 Å². The average Bonchev–Trinajstić information content (AvgIpc) is 2.82. The SMILES string of the molecule is Cc1ccccc1CNC(=O)COC(=O)c1ccccc1Cc1nc2ccccc2c(=O)[nH]1. The molecule has 33 heavy (non-hydrogen) atoms. The summed E-state index contributed by atoms with van der Waals surface area (Å²) >= 11 is 0. The molecule has 0 aliphatic carbocycles. The highest BCUT2D eigenvalue weighted by Crippen LogP contribution is 2.15. The number of amides is 1. The van der Waals surface area contributed by atoms with Crippen molar-refractivity contribution < 1.29 is 14.3 Å². The molecule has 0 bridgehead atoms. The van der Waals surface area contributed by atoms with Crippen LogP contribution < -0.4 is 10.9 Å². The van der Waals surface area contributed by atoms with Crippen LogP contribution in [0.25, 0.3) is 10.9 Å². The van der Waals surface area contributed by atoms with Crippen molar-refractivity contribution in [2.24, 2.45) is 0 Å². The molecule has 1 aromatic heterocycles. The number of esters is 1. The number of aromatic nitrogens is 2. The van der Waals surface area contributed by atoms with Crippen molar-refractivity contribution in [2.75, 3.05) is 6.61 Å². The normalized spacial score (nSPS) is 10.7. The number of hydrogen-bond donors (Lipinski definition) is 2. The lowest BCUT2D eigenvalue weighted by molar-refractivity contribution is -0.124. The number of aryl methyl sites for hydroxylation is 1. The van der Waals surface area contributed by atoms with E-state index < -0.39 is 5.97 Å². The number of hydrogen-bond acceptors (Lipinski definition) is 5. The van der Waals surface area contributed by atoms with E-state index >= 15 is 0 Å². The van der Waals surface area contributed by atoms with E-state index in [1.807, 2.05) is 37.3 Å². The molecule has 1 heterocycles. The zero-order valence-electron chi connectivity index (χ0n) is 18.1. The first-order chi connectivity index (χ1) is 16.0. The molecular formula is C26H23N3O4. The van der Waals surface area contributed by atoms with Crippen LogP contribution in [0.4, 0.5) is 0 Å². The van der Waals surface area contributed by atoms with Crippen LogP contribution in [0, 0.1) is 6.92 Å². The fraction of sp³-hybridized carbons (Fsp3) is 0.154. The van der Waals surface area contributed by atoms with Gasteiger partial charge in [0.05, 0.1) is 16.5 Å². The molecule has 7 heteroatoms. The Morgan fingerprint density at radius 3 is 2.45 bits per heavy atom. The van der Waals surface area contributed by atoms with Gasteiger partial charge in [0.2, 0.25) is 0 Å². The summed E-state index contributed by atoms with van der Waals surface area (Å²) in [6.45, 7) is 1.95. The fourth-order valence-electron chi connectivity index (χ4n) is 3.53. The molecule has 0 atom stereocenters. The monoisotopic (exact) mass is 441 g/mol. The number of nitrogens with zero attached hydrogens (tertiary/aromatic N) is 1. The van der Waals surface area contributed by atoms with E-state index in [4.69, 9.17) is 4.74 Å². The maximum Gasteiger partial charge on any atom is 0.338 e. The van der Waals surface area contributed by atoms with Crippen LogP contribution in [-0.4, -0.2) is 28.5 Å². The van der Waals surface area contributed by atoms with E-state index in [9.17, 15) is 14.4 Å². The maximum atomic E-state index is 12.7. The van der Waals surface area contributed by atoms with Crippen LogP contribution in [0.1, 0.15) is 32.9 Å².